The predicted molar refractivity (Wildman–Crippen MR) is 82.4 cm³/mol. The minimum atomic E-state index is -1.08. The monoisotopic (exact) mass is 294 g/mol. The lowest BCUT2D eigenvalue weighted by molar-refractivity contribution is -0.304. The minimum absolute atomic E-state index is 0.0977. The van der Waals surface area contributed by atoms with Crippen LogP contribution in [0.15, 0.2) is 54.7 Å². The zero-order valence-electron chi connectivity index (χ0n) is 12.3. The predicted octanol–water partition coefficient (Wildman–Crippen LogP) is 2.05. The van der Waals surface area contributed by atoms with Crippen molar-refractivity contribution in [1.29, 1.82) is 0 Å². The van der Waals surface area contributed by atoms with Crippen LogP contribution in [0.1, 0.15) is 11.1 Å². The van der Waals surface area contributed by atoms with Crippen molar-refractivity contribution in [3.8, 4) is 5.75 Å². The van der Waals surface area contributed by atoms with E-state index in [0.29, 0.717) is 6.61 Å². The van der Waals surface area contributed by atoms with Crippen LogP contribution in [0.5, 0.6) is 5.75 Å². The van der Waals surface area contributed by atoms with Crippen LogP contribution >= 0.6 is 0 Å². The highest BCUT2D eigenvalue weighted by Gasteiger charge is 2.08. The van der Waals surface area contributed by atoms with E-state index in [1.54, 1.807) is 0 Å². The molecule has 0 fully saturated rings. The lowest BCUT2D eigenvalue weighted by Crippen LogP contribution is -2.24. The molecule has 3 rings (SSSR count). The van der Waals surface area contributed by atoms with E-state index in [2.05, 4.69) is 0 Å². The standard InChI is InChI=1S/C18H17NO3/c1-19-11-14(9-18(20)21)16-10-15(7-8-17(16)19)22-12-13-5-3-2-4-6-13/h2-8,10-11H,9,12H2,1H3,(H,20,21)/p-1. The van der Waals surface area contributed by atoms with E-state index in [4.69, 9.17) is 4.74 Å². The largest absolute Gasteiger partial charge is 0.550 e. The molecule has 4 heteroatoms. The molecule has 0 amide bonds. The van der Waals surface area contributed by atoms with Crippen LogP contribution in [0.4, 0.5) is 0 Å². The van der Waals surface area contributed by atoms with Crippen molar-refractivity contribution in [2.75, 3.05) is 0 Å². The van der Waals surface area contributed by atoms with Crippen LogP contribution in [-0.2, 0) is 24.9 Å². The number of aliphatic carboxylic acids is 1. The molecule has 22 heavy (non-hydrogen) atoms. The Labute approximate surface area is 128 Å². The summed E-state index contributed by atoms with van der Waals surface area (Å²) in [5.41, 5.74) is 2.80. The normalized spacial score (nSPS) is 10.8. The zero-order valence-corrected chi connectivity index (χ0v) is 12.3. The van der Waals surface area contributed by atoms with Gasteiger partial charge in [-0.25, -0.2) is 0 Å². The van der Waals surface area contributed by atoms with Crippen molar-refractivity contribution >= 4 is 16.9 Å². The molecule has 0 atom stereocenters. The summed E-state index contributed by atoms with van der Waals surface area (Å²) in [5, 5.41) is 11.8. The third kappa shape index (κ3) is 2.96. The molecule has 0 spiro atoms. The second-order valence-corrected chi connectivity index (χ2v) is 5.27. The zero-order chi connectivity index (χ0) is 15.5. The smallest absolute Gasteiger partial charge is 0.120 e. The van der Waals surface area contributed by atoms with Crippen molar-refractivity contribution in [3.05, 3.63) is 65.9 Å². The highest BCUT2D eigenvalue weighted by Crippen LogP contribution is 2.26. The Morgan fingerprint density at radius 1 is 1.18 bits per heavy atom. The third-order valence-electron chi connectivity index (χ3n) is 3.63. The Morgan fingerprint density at radius 3 is 2.68 bits per heavy atom. The Hall–Kier alpha value is -2.75. The SMILES string of the molecule is Cn1cc(CC(=O)[O-])c2cc(OCc3ccccc3)ccc21. The third-order valence-corrected chi connectivity index (χ3v) is 3.63. The average Bonchev–Trinajstić information content (AvgIpc) is 2.81. The van der Waals surface area contributed by atoms with Gasteiger partial charge in [0.05, 0.1) is 0 Å². The van der Waals surface area contributed by atoms with Crippen LogP contribution in [0.25, 0.3) is 10.9 Å². The molecule has 0 N–H and O–H groups in total. The number of carboxylic acids is 1. The molecule has 0 saturated heterocycles. The summed E-state index contributed by atoms with van der Waals surface area (Å²) in [5.74, 6) is -0.356. The van der Waals surface area contributed by atoms with Crippen molar-refractivity contribution in [3.63, 3.8) is 0 Å². The van der Waals surface area contributed by atoms with Gasteiger partial charge in [-0.05, 0) is 29.3 Å². The summed E-state index contributed by atoms with van der Waals surface area (Å²) in [7, 11) is 1.89. The van der Waals surface area contributed by atoms with Gasteiger partial charge in [0.2, 0.25) is 0 Å². The molecule has 112 valence electrons. The average molecular weight is 294 g/mol. The van der Waals surface area contributed by atoms with Gasteiger partial charge < -0.3 is 19.2 Å². The maximum Gasteiger partial charge on any atom is 0.120 e. The number of ether oxygens (including phenoxy) is 1. The second-order valence-electron chi connectivity index (χ2n) is 5.27. The number of benzene rings is 2. The molecule has 1 heterocycles. The Kier molecular flexibility index (Phi) is 3.83. The van der Waals surface area contributed by atoms with Crippen LogP contribution in [0, 0.1) is 0 Å². The Bertz CT molecular complexity index is 806. The van der Waals surface area contributed by atoms with Crippen molar-refractivity contribution < 1.29 is 14.6 Å². The fourth-order valence-electron chi connectivity index (χ4n) is 2.58. The molecule has 0 saturated carbocycles. The molecule has 0 unspecified atom stereocenters. The number of aryl methyl sites for hydroxylation is 1. The maximum absolute atomic E-state index is 10.9. The lowest BCUT2D eigenvalue weighted by Gasteiger charge is -2.07. The molecule has 0 aliphatic carbocycles. The van der Waals surface area contributed by atoms with Crippen LogP contribution in [0.2, 0.25) is 0 Å². The van der Waals surface area contributed by atoms with E-state index in [-0.39, 0.29) is 6.42 Å². The number of aromatic nitrogens is 1. The molecule has 1 aromatic heterocycles. The van der Waals surface area contributed by atoms with Crippen molar-refractivity contribution in [1.82, 2.24) is 4.57 Å². The van der Waals surface area contributed by atoms with Crippen molar-refractivity contribution in [2.45, 2.75) is 13.0 Å². The number of carboxylic acid groups (broad SMARTS) is 1. The molecular formula is C18H16NO3-. The van der Waals surface area contributed by atoms with Gasteiger partial charge in [0, 0.05) is 36.5 Å². The molecule has 2 aromatic carbocycles. The molecule has 0 aliphatic heterocycles. The highest BCUT2D eigenvalue weighted by molar-refractivity contribution is 5.88. The first-order valence-electron chi connectivity index (χ1n) is 7.08. The summed E-state index contributed by atoms with van der Waals surface area (Å²) in [6.45, 7) is 0.481. The van der Waals surface area contributed by atoms with E-state index in [1.807, 2.05) is 66.3 Å². The lowest BCUT2D eigenvalue weighted by atomic mass is 10.1. The van der Waals surface area contributed by atoms with Gasteiger partial charge in [-0.3, -0.25) is 0 Å². The fraction of sp³-hybridized carbons (Fsp3) is 0.167. The van der Waals surface area contributed by atoms with Crippen LogP contribution < -0.4 is 9.84 Å². The molecular weight excluding hydrogens is 278 g/mol. The summed E-state index contributed by atoms with van der Waals surface area (Å²) >= 11 is 0. The van der Waals surface area contributed by atoms with Gasteiger partial charge in [-0.1, -0.05) is 30.3 Å². The second kappa shape index (κ2) is 5.93. The Balaban J connectivity index is 1.86. The highest BCUT2D eigenvalue weighted by atomic mass is 16.5. The molecule has 3 aromatic rings. The number of hydrogen-bond donors (Lipinski definition) is 0. The van der Waals surface area contributed by atoms with Gasteiger partial charge in [0.15, 0.2) is 0 Å². The van der Waals surface area contributed by atoms with E-state index in [0.717, 1.165) is 27.8 Å². The first-order valence-corrected chi connectivity index (χ1v) is 7.08. The molecule has 0 aliphatic rings. The summed E-state index contributed by atoms with van der Waals surface area (Å²) in [6.07, 6.45) is 1.72. The van der Waals surface area contributed by atoms with Gasteiger partial charge in [-0.2, -0.15) is 0 Å². The van der Waals surface area contributed by atoms with Crippen LogP contribution in [-0.4, -0.2) is 10.5 Å². The molecule has 4 nitrogen and oxygen atoms in total. The number of fused-ring (bicyclic) bond motifs is 1. The molecule has 0 bridgehead atoms. The maximum atomic E-state index is 10.9. The number of carbonyl (C=O) groups excluding carboxylic acids is 1. The number of carbonyl (C=O) groups is 1. The quantitative estimate of drug-likeness (QED) is 0.723. The topological polar surface area (TPSA) is 54.3 Å². The van der Waals surface area contributed by atoms with E-state index >= 15 is 0 Å². The van der Waals surface area contributed by atoms with Gasteiger partial charge in [-0.15, -0.1) is 0 Å². The van der Waals surface area contributed by atoms with Gasteiger partial charge in [0.1, 0.15) is 12.4 Å². The van der Waals surface area contributed by atoms with E-state index in [9.17, 15) is 9.90 Å². The summed E-state index contributed by atoms with van der Waals surface area (Å²) in [6, 6.07) is 15.6. The van der Waals surface area contributed by atoms with E-state index < -0.39 is 5.97 Å². The van der Waals surface area contributed by atoms with E-state index in [1.165, 1.54) is 0 Å². The van der Waals surface area contributed by atoms with Gasteiger partial charge >= 0.3 is 0 Å². The van der Waals surface area contributed by atoms with Gasteiger partial charge in [0.25, 0.3) is 0 Å². The fourth-order valence-corrected chi connectivity index (χ4v) is 2.58. The van der Waals surface area contributed by atoms with Crippen LogP contribution in [0.3, 0.4) is 0 Å². The summed E-state index contributed by atoms with van der Waals surface area (Å²) in [4.78, 5) is 10.9. The Morgan fingerprint density at radius 2 is 1.95 bits per heavy atom. The first-order chi connectivity index (χ1) is 10.6. The first kappa shape index (κ1) is 14.2. The van der Waals surface area contributed by atoms with Crippen molar-refractivity contribution in [2.24, 2.45) is 7.05 Å². The number of hydrogen-bond acceptors (Lipinski definition) is 3. The summed E-state index contributed by atoms with van der Waals surface area (Å²) < 4.78 is 7.71. The minimum Gasteiger partial charge on any atom is -0.550 e. The number of nitrogens with zero attached hydrogens (tertiary/aromatic N) is 1. The molecule has 0 radical (unpaired) electrons. The number of rotatable bonds is 5.